The molecule has 0 spiro atoms. The van der Waals surface area contributed by atoms with Crippen LogP contribution in [0.2, 0.25) is 0 Å². The Labute approximate surface area is 167 Å². The Balaban J connectivity index is 1.61. The Morgan fingerprint density at radius 2 is 1.97 bits per heavy atom. The van der Waals surface area contributed by atoms with Gasteiger partial charge in [-0.1, -0.05) is 0 Å². The number of sulfonamides is 1. The Morgan fingerprint density at radius 3 is 2.62 bits per heavy atom. The lowest BCUT2D eigenvalue weighted by Crippen LogP contribution is -2.33. The van der Waals surface area contributed by atoms with Gasteiger partial charge < -0.3 is 4.90 Å². The average molecular weight is 414 g/mol. The molecular weight excluding hydrogens is 395 g/mol. The second-order valence-electron chi connectivity index (χ2n) is 6.96. The molecule has 150 valence electrons. The van der Waals surface area contributed by atoms with Gasteiger partial charge in [-0.3, -0.25) is 9.52 Å². The van der Waals surface area contributed by atoms with E-state index in [0.29, 0.717) is 6.42 Å². The summed E-state index contributed by atoms with van der Waals surface area (Å²) in [7, 11) is -3.92. The number of benzene rings is 2. The van der Waals surface area contributed by atoms with E-state index in [1.54, 1.807) is 29.3 Å². The summed E-state index contributed by atoms with van der Waals surface area (Å²) < 4.78 is 43.7. The molecule has 4 rings (SSSR count). The molecule has 29 heavy (non-hydrogen) atoms. The van der Waals surface area contributed by atoms with Crippen molar-refractivity contribution in [3.63, 3.8) is 0 Å². The van der Waals surface area contributed by atoms with Crippen LogP contribution in [0.1, 0.15) is 19.4 Å². The lowest BCUT2D eigenvalue weighted by atomic mass is 10.1. The van der Waals surface area contributed by atoms with Crippen LogP contribution in [0.25, 0.3) is 5.69 Å². The number of halogens is 1. The third-order valence-electron chi connectivity index (χ3n) is 4.87. The van der Waals surface area contributed by atoms with Crippen molar-refractivity contribution in [1.29, 1.82) is 0 Å². The minimum absolute atomic E-state index is 0.0302. The molecule has 0 radical (unpaired) electrons. The minimum Gasteiger partial charge on any atom is -0.309 e. The highest BCUT2D eigenvalue weighted by atomic mass is 32.2. The molecule has 1 aliphatic heterocycles. The molecule has 1 N–H and O–H groups in total. The standard InChI is InChI=1S/C20H19FN4O3S/c1-13-10-15-11-17(5-7-19(15)25(13)14(2)26)29(27,28)23-16-4-6-20(18(21)12-16)24-9-3-8-22-24/h3-9,11-13,23H,10H2,1-2H3. The first kappa shape index (κ1) is 19.1. The number of nitrogens with zero attached hydrogens (tertiary/aromatic N) is 3. The summed E-state index contributed by atoms with van der Waals surface area (Å²) in [6.07, 6.45) is 3.70. The number of carbonyl (C=O) groups excluding carboxylic acids is 1. The van der Waals surface area contributed by atoms with Crippen LogP contribution < -0.4 is 9.62 Å². The molecule has 1 aromatic heterocycles. The fourth-order valence-corrected chi connectivity index (χ4v) is 4.74. The molecule has 1 atom stereocenters. The number of amides is 1. The molecular formula is C20H19FN4O3S. The largest absolute Gasteiger partial charge is 0.309 e. The Morgan fingerprint density at radius 1 is 1.21 bits per heavy atom. The molecule has 0 saturated carbocycles. The molecule has 1 amide bonds. The van der Waals surface area contributed by atoms with Crippen LogP contribution in [0.5, 0.6) is 0 Å². The van der Waals surface area contributed by atoms with E-state index in [9.17, 15) is 17.6 Å². The highest BCUT2D eigenvalue weighted by Gasteiger charge is 2.30. The van der Waals surface area contributed by atoms with Gasteiger partial charge in [0.1, 0.15) is 5.69 Å². The molecule has 2 heterocycles. The van der Waals surface area contributed by atoms with E-state index < -0.39 is 15.8 Å². The summed E-state index contributed by atoms with van der Waals surface area (Å²) in [6.45, 7) is 3.40. The number of hydrogen-bond acceptors (Lipinski definition) is 4. The Hall–Kier alpha value is -3.20. The molecule has 0 saturated heterocycles. The van der Waals surface area contributed by atoms with Crippen molar-refractivity contribution in [1.82, 2.24) is 9.78 Å². The maximum Gasteiger partial charge on any atom is 0.261 e. The van der Waals surface area contributed by atoms with Crippen molar-refractivity contribution in [3.05, 3.63) is 66.2 Å². The van der Waals surface area contributed by atoms with Gasteiger partial charge in [-0.25, -0.2) is 17.5 Å². The SMILES string of the molecule is CC(=O)N1c2ccc(S(=O)(=O)Nc3ccc(-n4cccn4)c(F)c3)cc2CC1C. The van der Waals surface area contributed by atoms with Gasteiger partial charge in [0.2, 0.25) is 5.91 Å². The lowest BCUT2D eigenvalue weighted by Gasteiger charge is -2.20. The first-order valence-electron chi connectivity index (χ1n) is 9.01. The van der Waals surface area contributed by atoms with Crippen molar-refractivity contribution in [2.24, 2.45) is 0 Å². The summed E-state index contributed by atoms with van der Waals surface area (Å²) >= 11 is 0. The first-order chi connectivity index (χ1) is 13.8. The number of aromatic nitrogens is 2. The summed E-state index contributed by atoms with van der Waals surface area (Å²) in [6, 6.07) is 10.3. The first-order valence-corrected chi connectivity index (χ1v) is 10.5. The van der Waals surface area contributed by atoms with E-state index >= 15 is 0 Å². The molecule has 0 bridgehead atoms. The Bertz CT molecular complexity index is 1190. The molecule has 3 aromatic rings. The van der Waals surface area contributed by atoms with Crippen molar-refractivity contribution >= 4 is 27.3 Å². The maximum absolute atomic E-state index is 14.4. The van der Waals surface area contributed by atoms with Gasteiger partial charge in [0.15, 0.2) is 5.82 Å². The fourth-order valence-electron chi connectivity index (χ4n) is 3.64. The van der Waals surface area contributed by atoms with E-state index in [4.69, 9.17) is 0 Å². The summed E-state index contributed by atoms with van der Waals surface area (Å²) in [5.41, 5.74) is 1.83. The molecule has 0 fully saturated rings. The van der Waals surface area contributed by atoms with Gasteiger partial charge in [0.25, 0.3) is 10.0 Å². The van der Waals surface area contributed by atoms with E-state index in [-0.39, 0.29) is 28.2 Å². The summed E-state index contributed by atoms with van der Waals surface area (Å²) in [5, 5.41) is 3.97. The van der Waals surface area contributed by atoms with Gasteiger partial charge in [-0.05, 0) is 55.3 Å². The summed E-state index contributed by atoms with van der Waals surface area (Å²) in [4.78, 5) is 13.6. The van der Waals surface area contributed by atoms with E-state index in [1.807, 2.05) is 6.92 Å². The smallest absolute Gasteiger partial charge is 0.261 e. The van der Waals surface area contributed by atoms with Crippen molar-refractivity contribution in [2.45, 2.75) is 31.2 Å². The number of rotatable bonds is 4. The summed E-state index contributed by atoms with van der Waals surface area (Å²) in [5.74, 6) is -0.688. The monoisotopic (exact) mass is 414 g/mol. The predicted octanol–water partition coefficient (Wildman–Crippen LogP) is 3.11. The zero-order valence-electron chi connectivity index (χ0n) is 15.8. The van der Waals surface area contributed by atoms with Crippen molar-refractivity contribution in [3.8, 4) is 5.69 Å². The number of anilines is 2. The van der Waals surface area contributed by atoms with Crippen molar-refractivity contribution in [2.75, 3.05) is 9.62 Å². The van der Waals surface area contributed by atoms with Crippen LogP contribution in [0, 0.1) is 5.82 Å². The number of nitrogens with one attached hydrogen (secondary N) is 1. The van der Waals surface area contributed by atoms with E-state index in [0.717, 1.165) is 17.3 Å². The topological polar surface area (TPSA) is 84.3 Å². The quantitative estimate of drug-likeness (QED) is 0.711. The second kappa shape index (κ2) is 7.00. The van der Waals surface area contributed by atoms with Gasteiger partial charge in [0.05, 0.1) is 10.6 Å². The van der Waals surface area contributed by atoms with Crippen LogP contribution in [0.3, 0.4) is 0 Å². The van der Waals surface area contributed by atoms with Crippen LogP contribution >= 0.6 is 0 Å². The number of fused-ring (bicyclic) bond motifs is 1. The van der Waals surface area contributed by atoms with E-state index in [2.05, 4.69) is 9.82 Å². The van der Waals surface area contributed by atoms with Gasteiger partial charge in [-0.2, -0.15) is 5.10 Å². The van der Waals surface area contributed by atoms with Crippen LogP contribution in [0.15, 0.2) is 59.8 Å². The third-order valence-corrected chi connectivity index (χ3v) is 6.25. The second-order valence-corrected chi connectivity index (χ2v) is 8.64. The molecule has 7 nitrogen and oxygen atoms in total. The zero-order valence-corrected chi connectivity index (χ0v) is 16.6. The van der Waals surface area contributed by atoms with E-state index in [1.165, 1.54) is 36.0 Å². The third kappa shape index (κ3) is 3.49. The Kier molecular flexibility index (Phi) is 4.62. The highest BCUT2D eigenvalue weighted by molar-refractivity contribution is 7.92. The maximum atomic E-state index is 14.4. The predicted molar refractivity (Wildman–Crippen MR) is 107 cm³/mol. The molecule has 1 aliphatic rings. The molecule has 1 unspecified atom stereocenters. The molecule has 2 aromatic carbocycles. The number of carbonyl (C=O) groups is 1. The van der Waals surface area contributed by atoms with Gasteiger partial charge in [0, 0.05) is 37.1 Å². The van der Waals surface area contributed by atoms with Gasteiger partial charge >= 0.3 is 0 Å². The van der Waals surface area contributed by atoms with Gasteiger partial charge in [-0.15, -0.1) is 0 Å². The van der Waals surface area contributed by atoms with Crippen LogP contribution in [-0.2, 0) is 21.2 Å². The van der Waals surface area contributed by atoms with Crippen LogP contribution in [0.4, 0.5) is 15.8 Å². The zero-order chi connectivity index (χ0) is 20.8. The lowest BCUT2D eigenvalue weighted by molar-refractivity contribution is -0.116. The highest BCUT2D eigenvalue weighted by Crippen LogP contribution is 2.34. The number of hydrogen-bond donors (Lipinski definition) is 1. The average Bonchev–Trinajstić information content (AvgIpc) is 3.27. The minimum atomic E-state index is -3.92. The van der Waals surface area contributed by atoms with Crippen molar-refractivity contribution < 1.29 is 17.6 Å². The normalized spacial score (nSPS) is 16.0. The molecule has 0 aliphatic carbocycles. The fraction of sp³-hybridized carbons (Fsp3) is 0.200. The van der Waals surface area contributed by atoms with Crippen LogP contribution in [-0.4, -0.2) is 30.1 Å². The molecule has 9 heteroatoms.